The van der Waals surface area contributed by atoms with Gasteiger partial charge in [0.25, 0.3) is 0 Å². The van der Waals surface area contributed by atoms with Gasteiger partial charge in [-0.3, -0.25) is 0 Å². The fraction of sp³-hybridized carbons (Fsp3) is 1.00. The first-order chi connectivity index (χ1) is 6.04. The van der Waals surface area contributed by atoms with Crippen LogP contribution in [-0.2, 0) is 14.6 Å². The molecule has 0 unspecified atom stereocenters. The number of ether oxygens (including phenoxy) is 1. The Balaban J connectivity index is 2.92. The second kappa shape index (κ2) is 4.59. The second-order valence-electron chi connectivity index (χ2n) is 3.10. The van der Waals surface area contributed by atoms with Crippen LogP contribution < -0.4 is 0 Å². The van der Waals surface area contributed by atoms with E-state index in [1.54, 1.807) is 6.92 Å². The molecule has 3 atom stereocenters. The first kappa shape index (κ1) is 11.9. The van der Waals surface area contributed by atoms with Crippen molar-refractivity contribution in [2.45, 2.75) is 23.5 Å². The topological polar surface area (TPSA) is 43.4 Å². The van der Waals surface area contributed by atoms with Crippen molar-refractivity contribution in [1.29, 1.82) is 0 Å². The van der Waals surface area contributed by atoms with Crippen LogP contribution in [0.15, 0.2) is 0 Å². The second-order valence-corrected chi connectivity index (χ2v) is 6.84. The highest BCUT2D eigenvalue weighted by Crippen LogP contribution is 2.24. The molecule has 6 heteroatoms. The highest BCUT2D eigenvalue weighted by molar-refractivity contribution is 9.09. The third kappa shape index (κ3) is 2.27. The van der Waals surface area contributed by atoms with Crippen molar-refractivity contribution in [3.63, 3.8) is 0 Å². The molecule has 0 spiro atoms. The van der Waals surface area contributed by atoms with Crippen LogP contribution in [0.2, 0.25) is 0 Å². The number of hydrogen-bond acceptors (Lipinski definition) is 3. The molecule has 0 radical (unpaired) electrons. The number of alkyl halides is 2. The fourth-order valence-corrected chi connectivity index (χ4v) is 5.97. The van der Waals surface area contributed by atoms with E-state index in [2.05, 4.69) is 31.9 Å². The van der Waals surface area contributed by atoms with Gasteiger partial charge < -0.3 is 4.74 Å². The zero-order valence-corrected chi connectivity index (χ0v) is 11.2. The predicted molar refractivity (Wildman–Crippen MR) is 59.5 cm³/mol. The molecule has 0 aliphatic carbocycles. The molecular formula is C7H12Br2O3S. The van der Waals surface area contributed by atoms with Gasteiger partial charge in [-0.2, -0.15) is 0 Å². The SMILES string of the molecule is C[C@H]1OC[C@@H](CBr)S(=O)(=O)[C@H]1CBr. The molecule has 13 heavy (non-hydrogen) atoms. The Morgan fingerprint density at radius 3 is 2.46 bits per heavy atom. The van der Waals surface area contributed by atoms with Gasteiger partial charge in [0, 0.05) is 10.7 Å². The highest BCUT2D eigenvalue weighted by Gasteiger charge is 2.41. The van der Waals surface area contributed by atoms with Crippen LogP contribution in [0.25, 0.3) is 0 Å². The van der Waals surface area contributed by atoms with Crippen LogP contribution in [-0.4, -0.2) is 42.3 Å². The molecule has 1 heterocycles. The predicted octanol–water partition coefficient (Wildman–Crippen LogP) is 1.35. The summed E-state index contributed by atoms with van der Waals surface area (Å²) in [7, 11) is -3.03. The van der Waals surface area contributed by atoms with E-state index in [0.717, 1.165) is 0 Å². The quantitative estimate of drug-likeness (QED) is 0.715. The summed E-state index contributed by atoms with van der Waals surface area (Å²) in [6.07, 6.45) is -0.209. The maximum atomic E-state index is 11.8. The number of hydrogen-bond donors (Lipinski definition) is 0. The highest BCUT2D eigenvalue weighted by atomic mass is 79.9. The summed E-state index contributed by atoms with van der Waals surface area (Å²) in [6.45, 7) is 2.10. The average molecular weight is 336 g/mol. The van der Waals surface area contributed by atoms with E-state index in [1.165, 1.54) is 0 Å². The van der Waals surface area contributed by atoms with Crippen molar-refractivity contribution in [3.8, 4) is 0 Å². The van der Waals surface area contributed by atoms with E-state index in [4.69, 9.17) is 4.74 Å². The Morgan fingerprint density at radius 1 is 1.38 bits per heavy atom. The zero-order chi connectivity index (χ0) is 10.1. The maximum absolute atomic E-state index is 11.8. The Hall–Kier alpha value is 0.870. The van der Waals surface area contributed by atoms with Crippen molar-refractivity contribution in [1.82, 2.24) is 0 Å². The Bertz CT molecular complexity index is 265. The van der Waals surface area contributed by atoms with Crippen LogP contribution in [0.1, 0.15) is 6.92 Å². The minimum atomic E-state index is -3.03. The Kier molecular flexibility index (Phi) is 4.22. The van der Waals surface area contributed by atoms with E-state index in [0.29, 0.717) is 17.3 Å². The maximum Gasteiger partial charge on any atom is 0.162 e. The van der Waals surface area contributed by atoms with Gasteiger partial charge in [0.2, 0.25) is 0 Å². The molecule has 0 amide bonds. The summed E-state index contributed by atoms with van der Waals surface area (Å²) in [5.41, 5.74) is 0. The number of sulfone groups is 1. The molecule has 0 aromatic rings. The summed E-state index contributed by atoms with van der Waals surface area (Å²) in [5.74, 6) is 0. The summed E-state index contributed by atoms with van der Waals surface area (Å²) in [5, 5.41) is 0.0843. The van der Waals surface area contributed by atoms with Crippen molar-refractivity contribution >= 4 is 41.7 Å². The lowest BCUT2D eigenvalue weighted by Crippen LogP contribution is -2.49. The van der Waals surface area contributed by atoms with E-state index < -0.39 is 20.3 Å². The van der Waals surface area contributed by atoms with Gasteiger partial charge in [-0.15, -0.1) is 0 Å². The molecule has 1 rings (SSSR count). The minimum absolute atomic E-state index is 0.209. The van der Waals surface area contributed by atoms with Crippen molar-refractivity contribution in [2.24, 2.45) is 0 Å². The summed E-state index contributed by atoms with van der Waals surface area (Å²) in [6, 6.07) is 0. The normalized spacial score (nSPS) is 38.8. The molecule has 0 N–H and O–H groups in total. The van der Waals surface area contributed by atoms with Crippen molar-refractivity contribution in [3.05, 3.63) is 0 Å². The number of halogens is 2. The van der Waals surface area contributed by atoms with Crippen LogP contribution in [0, 0.1) is 0 Å². The molecule has 1 saturated heterocycles. The van der Waals surface area contributed by atoms with Crippen LogP contribution in [0.4, 0.5) is 0 Å². The molecule has 1 aliphatic rings. The van der Waals surface area contributed by atoms with Gasteiger partial charge in [0.15, 0.2) is 9.84 Å². The van der Waals surface area contributed by atoms with E-state index in [1.807, 2.05) is 0 Å². The summed E-state index contributed by atoms with van der Waals surface area (Å²) < 4.78 is 29.1. The van der Waals surface area contributed by atoms with Gasteiger partial charge in [-0.25, -0.2) is 8.42 Å². The van der Waals surface area contributed by atoms with Gasteiger partial charge in [-0.1, -0.05) is 31.9 Å². The fourth-order valence-electron chi connectivity index (χ4n) is 1.32. The van der Waals surface area contributed by atoms with Crippen molar-refractivity contribution < 1.29 is 13.2 Å². The molecule has 0 aromatic heterocycles. The molecule has 0 saturated carbocycles. The largest absolute Gasteiger partial charge is 0.376 e. The standard InChI is InChI=1S/C7H12Br2O3S/c1-5-7(3-9)13(10,11)6(2-8)4-12-5/h5-7H,2-4H2,1H3/t5-,6-,7+/m1/s1. The van der Waals surface area contributed by atoms with Gasteiger partial charge in [0.05, 0.1) is 23.2 Å². The Labute approximate surface area is 95.4 Å². The molecular weight excluding hydrogens is 324 g/mol. The average Bonchev–Trinajstić information content (AvgIpc) is 2.04. The van der Waals surface area contributed by atoms with Crippen LogP contribution in [0.3, 0.4) is 0 Å². The zero-order valence-electron chi connectivity index (χ0n) is 7.24. The van der Waals surface area contributed by atoms with E-state index in [9.17, 15) is 8.42 Å². The third-order valence-electron chi connectivity index (χ3n) is 2.28. The van der Waals surface area contributed by atoms with Gasteiger partial charge in [-0.05, 0) is 6.92 Å². The third-order valence-corrected chi connectivity index (χ3v) is 7.24. The molecule has 1 fully saturated rings. The van der Waals surface area contributed by atoms with E-state index >= 15 is 0 Å². The van der Waals surface area contributed by atoms with Crippen LogP contribution in [0.5, 0.6) is 0 Å². The van der Waals surface area contributed by atoms with Crippen molar-refractivity contribution in [2.75, 3.05) is 17.3 Å². The van der Waals surface area contributed by atoms with E-state index in [-0.39, 0.29) is 6.10 Å². The lowest BCUT2D eigenvalue weighted by Gasteiger charge is -2.32. The van der Waals surface area contributed by atoms with Gasteiger partial charge in [0.1, 0.15) is 0 Å². The van der Waals surface area contributed by atoms with Gasteiger partial charge >= 0.3 is 0 Å². The first-order valence-corrected chi connectivity index (χ1v) is 7.85. The molecule has 0 aromatic carbocycles. The smallest absolute Gasteiger partial charge is 0.162 e. The van der Waals surface area contributed by atoms with Crippen LogP contribution >= 0.6 is 31.9 Å². The summed E-state index contributed by atoms with van der Waals surface area (Å²) >= 11 is 6.40. The first-order valence-electron chi connectivity index (χ1n) is 4.00. The lowest BCUT2D eigenvalue weighted by atomic mass is 10.3. The minimum Gasteiger partial charge on any atom is -0.376 e. The number of rotatable bonds is 2. The summed E-state index contributed by atoms with van der Waals surface area (Å²) in [4.78, 5) is 0. The molecule has 78 valence electrons. The molecule has 1 aliphatic heterocycles. The Morgan fingerprint density at radius 2 is 2.00 bits per heavy atom. The molecule has 0 bridgehead atoms. The lowest BCUT2D eigenvalue weighted by molar-refractivity contribution is 0.0578. The monoisotopic (exact) mass is 334 g/mol. The molecule has 3 nitrogen and oxygen atoms in total.